The number of fused-ring (bicyclic) bond motifs is 1. The Hall–Kier alpha value is -1.59. The van der Waals surface area contributed by atoms with Crippen molar-refractivity contribution in [2.45, 2.75) is 26.8 Å². The van der Waals surface area contributed by atoms with Gasteiger partial charge in [-0.1, -0.05) is 26.0 Å². The van der Waals surface area contributed by atoms with Gasteiger partial charge in [-0.15, -0.1) is 12.4 Å². The smallest absolute Gasteiger partial charge is 0.230 e. The van der Waals surface area contributed by atoms with Gasteiger partial charge in [-0.25, -0.2) is 4.98 Å². The van der Waals surface area contributed by atoms with Crippen LogP contribution in [0.3, 0.4) is 0 Å². The summed E-state index contributed by atoms with van der Waals surface area (Å²) in [5.41, 5.74) is 7.45. The van der Waals surface area contributed by atoms with E-state index in [0.29, 0.717) is 12.5 Å². The van der Waals surface area contributed by atoms with Crippen molar-refractivity contribution in [3.8, 4) is 0 Å². The Morgan fingerprint density at radius 2 is 2.15 bits per heavy atom. The van der Waals surface area contributed by atoms with E-state index in [1.807, 2.05) is 35.8 Å². The summed E-state index contributed by atoms with van der Waals surface area (Å²) in [6.07, 6.45) is 0.982. The standard InChI is InChI=1S/C14H20N4O.ClH/c1-3-8-18-12-7-5-4-6-11(12)16-14(18)17-13(19)10(2)9-15;/h4-7,10H,3,8-9,15H2,1-2H3,(H,16,17,19);1H. The number of benzene rings is 1. The molecule has 0 saturated heterocycles. The summed E-state index contributed by atoms with van der Waals surface area (Å²) in [5, 5.41) is 2.87. The highest BCUT2D eigenvalue weighted by Gasteiger charge is 2.16. The maximum atomic E-state index is 11.9. The number of halogens is 1. The molecule has 5 nitrogen and oxygen atoms in total. The van der Waals surface area contributed by atoms with Gasteiger partial charge >= 0.3 is 0 Å². The van der Waals surface area contributed by atoms with Crippen LogP contribution in [0, 0.1) is 5.92 Å². The highest BCUT2D eigenvalue weighted by atomic mass is 35.5. The van der Waals surface area contributed by atoms with Crippen LogP contribution in [0.25, 0.3) is 11.0 Å². The minimum Gasteiger partial charge on any atom is -0.330 e. The second kappa shape index (κ2) is 7.26. The normalized spacial score (nSPS) is 11.9. The number of anilines is 1. The molecule has 0 aliphatic rings. The van der Waals surface area contributed by atoms with Crippen LogP contribution in [0.1, 0.15) is 20.3 Å². The molecular formula is C14H21ClN4O. The Kier molecular flexibility index (Phi) is 5.98. The first-order chi connectivity index (χ1) is 9.17. The molecule has 1 aromatic heterocycles. The molecular weight excluding hydrogens is 276 g/mol. The zero-order chi connectivity index (χ0) is 13.8. The van der Waals surface area contributed by atoms with Crippen molar-refractivity contribution in [3.05, 3.63) is 24.3 Å². The number of rotatable bonds is 5. The lowest BCUT2D eigenvalue weighted by Crippen LogP contribution is -2.28. The second-order valence-corrected chi connectivity index (χ2v) is 4.70. The van der Waals surface area contributed by atoms with Crippen molar-refractivity contribution in [1.29, 1.82) is 0 Å². The lowest BCUT2D eigenvalue weighted by Gasteiger charge is -2.11. The van der Waals surface area contributed by atoms with E-state index in [-0.39, 0.29) is 24.2 Å². The molecule has 1 unspecified atom stereocenters. The molecule has 6 heteroatoms. The van der Waals surface area contributed by atoms with Gasteiger partial charge in [-0.3, -0.25) is 10.1 Å². The van der Waals surface area contributed by atoms with E-state index in [9.17, 15) is 4.79 Å². The van der Waals surface area contributed by atoms with Crippen molar-refractivity contribution in [1.82, 2.24) is 9.55 Å². The first kappa shape index (κ1) is 16.5. The number of aryl methyl sites for hydroxylation is 1. The third kappa shape index (κ3) is 3.29. The molecule has 1 atom stereocenters. The van der Waals surface area contributed by atoms with Gasteiger partial charge in [0.25, 0.3) is 0 Å². The molecule has 0 spiro atoms. The molecule has 0 fully saturated rings. The maximum Gasteiger partial charge on any atom is 0.230 e. The Balaban J connectivity index is 0.00000200. The largest absolute Gasteiger partial charge is 0.330 e. The summed E-state index contributed by atoms with van der Waals surface area (Å²) in [6, 6.07) is 7.88. The minimum absolute atomic E-state index is 0. The van der Waals surface area contributed by atoms with Crippen molar-refractivity contribution in [3.63, 3.8) is 0 Å². The number of amides is 1. The van der Waals surface area contributed by atoms with E-state index < -0.39 is 0 Å². The predicted octanol–water partition coefficient (Wildman–Crippen LogP) is 2.40. The molecule has 2 rings (SSSR count). The minimum atomic E-state index is -0.213. The first-order valence-corrected chi connectivity index (χ1v) is 6.63. The highest BCUT2D eigenvalue weighted by Crippen LogP contribution is 2.20. The molecule has 0 aliphatic heterocycles. The molecule has 1 aromatic carbocycles. The molecule has 110 valence electrons. The Labute approximate surface area is 125 Å². The van der Waals surface area contributed by atoms with Crippen LogP contribution in [-0.2, 0) is 11.3 Å². The van der Waals surface area contributed by atoms with Crippen LogP contribution >= 0.6 is 12.4 Å². The van der Waals surface area contributed by atoms with Crippen LogP contribution < -0.4 is 11.1 Å². The van der Waals surface area contributed by atoms with E-state index in [1.54, 1.807) is 0 Å². The number of para-hydroxylation sites is 2. The predicted molar refractivity (Wildman–Crippen MR) is 84.1 cm³/mol. The number of nitrogens with two attached hydrogens (primary N) is 1. The summed E-state index contributed by atoms with van der Waals surface area (Å²) < 4.78 is 2.04. The monoisotopic (exact) mass is 296 g/mol. The molecule has 0 bridgehead atoms. The summed E-state index contributed by atoms with van der Waals surface area (Å²) in [6.45, 7) is 5.07. The van der Waals surface area contributed by atoms with Gasteiger partial charge in [0, 0.05) is 19.0 Å². The molecule has 2 aromatic rings. The summed E-state index contributed by atoms with van der Waals surface area (Å²) in [7, 11) is 0. The van der Waals surface area contributed by atoms with Gasteiger partial charge in [0.15, 0.2) is 0 Å². The molecule has 0 saturated carbocycles. The average molecular weight is 297 g/mol. The van der Waals surface area contributed by atoms with Gasteiger partial charge < -0.3 is 10.3 Å². The molecule has 1 amide bonds. The second-order valence-electron chi connectivity index (χ2n) is 4.70. The quantitative estimate of drug-likeness (QED) is 0.890. The average Bonchev–Trinajstić information content (AvgIpc) is 2.76. The van der Waals surface area contributed by atoms with E-state index in [2.05, 4.69) is 17.2 Å². The van der Waals surface area contributed by atoms with E-state index in [4.69, 9.17) is 5.73 Å². The zero-order valence-corrected chi connectivity index (χ0v) is 12.6. The van der Waals surface area contributed by atoms with Gasteiger partial charge in [-0.05, 0) is 18.6 Å². The van der Waals surface area contributed by atoms with E-state index in [0.717, 1.165) is 24.0 Å². The fourth-order valence-electron chi connectivity index (χ4n) is 1.96. The third-order valence-corrected chi connectivity index (χ3v) is 3.14. The number of carbonyl (C=O) groups is 1. The molecule has 0 radical (unpaired) electrons. The molecule has 3 N–H and O–H groups in total. The van der Waals surface area contributed by atoms with Gasteiger partial charge in [-0.2, -0.15) is 0 Å². The lowest BCUT2D eigenvalue weighted by atomic mass is 10.2. The summed E-state index contributed by atoms with van der Waals surface area (Å²) in [5.74, 6) is 0.304. The van der Waals surface area contributed by atoms with Crippen molar-refractivity contribution in [2.24, 2.45) is 11.7 Å². The van der Waals surface area contributed by atoms with Gasteiger partial charge in [0.2, 0.25) is 11.9 Å². The number of carbonyl (C=O) groups excluding carboxylic acids is 1. The van der Waals surface area contributed by atoms with Crippen LogP contribution in [0.4, 0.5) is 5.95 Å². The van der Waals surface area contributed by atoms with Crippen molar-refractivity contribution < 1.29 is 4.79 Å². The van der Waals surface area contributed by atoms with E-state index >= 15 is 0 Å². The first-order valence-electron chi connectivity index (χ1n) is 6.63. The van der Waals surface area contributed by atoms with Crippen molar-refractivity contribution in [2.75, 3.05) is 11.9 Å². The Morgan fingerprint density at radius 3 is 2.80 bits per heavy atom. The van der Waals surface area contributed by atoms with Crippen LogP contribution in [0.15, 0.2) is 24.3 Å². The van der Waals surface area contributed by atoms with Crippen molar-refractivity contribution >= 4 is 35.3 Å². The Morgan fingerprint density at radius 1 is 1.45 bits per heavy atom. The number of nitrogens with zero attached hydrogens (tertiary/aromatic N) is 2. The Bertz CT molecular complexity index is 582. The number of nitrogens with one attached hydrogen (secondary N) is 1. The van der Waals surface area contributed by atoms with Gasteiger partial charge in [0.05, 0.1) is 11.0 Å². The maximum absolute atomic E-state index is 11.9. The molecule has 0 aliphatic carbocycles. The van der Waals surface area contributed by atoms with Crippen LogP contribution in [0.5, 0.6) is 0 Å². The SMILES string of the molecule is CCCn1c(NC(=O)C(C)CN)nc2ccccc21.Cl. The summed E-state index contributed by atoms with van der Waals surface area (Å²) in [4.78, 5) is 16.4. The van der Waals surface area contributed by atoms with E-state index in [1.165, 1.54) is 0 Å². The fraction of sp³-hybridized carbons (Fsp3) is 0.429. The van der Waals surface area contributed by atoms with Crippen LogP contribution in [0.2, 0.25) is 0 Å². The number of hydrogen-bond donors (Lipinski definition) is 2. The summed E-state index contributed by atoms with van der Waals surface area (Å²) >= 11 is 0. The van der Waals surface area contributed by atoms with Crippen LogP contribution in [-0.4, -0.2) is 22.0 Å². The molecule has 1 heterocycles. The molecule has 20 heavy (non-hydrogen) atoms. The zero-order valence-electron chi connectivity index (χ0n) is 11.8. The third-order valence-electron chi connectivity index (χ3n) is 3.14. The number of aromatic nitrogens is 2. The lowest BCUT2D eigenvalue weighted by molar-refractivity contribution is -0.119. The topological polar surface area (TPSA) is 72.9 Å². The number of hydrogen-bond acceptors (Lipinski definition) is 3. The number of imidazole rings is 1. The van der Waals surface area contributed by atoms with Gasteiger partial charge in [0.1, 0.15) is 0 Å². The highest BCUT2D eigenvalue weighted by molar-refractivity contribution is 5.93. The fourth-order valence-corrected chi connectivity index (χ4v) is 1.96.